The molecule has 0 aromatic rings. The van der Waals surface area contributed by atoms with Crippen molar-refractivity contribution >= 4 is 0 Å². The SMILES string of the molecule is [CH2]CCCCCCCCCC[CH2]. The first-order chi connectivity index (χ1) is 5.91. The average molecular weight is 168 g/mol. The van der Waals surface area contributed by atoms with E-state index in [1.165, 1.54) is 51.4 Å². The fraction of sp³-hybridized carbons (Fsp3) is 0.833. The van der Waals surface area contributed by atoms with Gasteiger partial charge in [0.1, 0.15) is 0 Å². The maximum Gasteiger partial charge on any atom is -0.0533 e. The van der Waals surface area contributed by atoms with Crippen molar-refractivity contribution in [3.8, 4) is 0 Å². The van der Waals surface area contributed by atoms with Gasteiger partial charge in [0, 0.05) is 0 Å². The molecule has 2 radical (unpaired) electrons. The van der Waals surface area contributed by atoms with E-state index in [-0.39, 0.29) is 0 Å². The van der Waals surface area contributed by atoms with Gasteiger partial charge in [0.05, 0.1) is 0 Å². The Labute approximate surface area is 78.8 Å². The van der Waals surface area contributed by atoms with Crippen molar-refractivity contribution in [1.29, 1.82) is 0 Å². The molecule has 72 valence electrons. The van der Waals surface area contributed by atoms with Crippen LogP contribution >= 0.6 is 0 Å². The Morgan fingerprint density at radius 2 is 0.667 bits per heavy atom. The average Bonchev–Trinajstić information content (AvgIpc) is 2.10. The lowest BCUT2D eigenvalue weighted by Gasteiger charge is -1.99. The fourth-order valence-corrected chi connectivity index (χ4v) is 1.41. The van der Waals surface area contributed by atoms with Crippen molar-refractivity contribution in [2.75, 3.05) is 0 Å². The first kappa shape index (κ1) is 12.0. The highest BCUT2D eigenvalue weighted by Gasteiger charge is 1.90. The predicted molar refractivity (Wildman–Crippen MR) is 56.9 cm³/mol. The third kappa shape index (κ3) is 10.0. The Hall–Kier alpha value is 0. The van der Waals surface area contributed by atoms with E-state index in [9.17, 15) is 0 Å². The third-order valence-corrected chi connectivity index (χ3v) is 2.25. The molecule has 0 bridgehead atoms. The molecule has 0 aliphatic carbocycles. The van der Waals surface area contributed by atoms with E-state index < -0.39 is 0 Å². The van der Waals surface area contributed by atoms with Crippen molar-refractivity contribution in [2.45, 2.75) is 64.2 Å². The number of hydrogen-bond acceptors (Lipinski definition) is 0. The summed E-state index contributed by atoms with van der Waals surface area (Å²) in [6, 6.07) is 0. The van der Waals surface area contributed by atoms with Crippen LogP contribution in [-0.2, 0) is 0 Å². The lowest BCUT2D eigenvalue weighted by Crippen LogP contribution is -1.80. The van der Waals surface area contributed by atoms with E-state index in [0.717, 1.165) is 12.8 Å². The zero-order chi connectivity index (χ0) is 9.07. The normalized spacial score (nSPS) is 10.5. The van der Waals surface area contributed by atoms with Gasteiger partial charge in [-0.3, -0.25) is 0 Å². The molecule has 0 rings (SSSR count). The molecule has 0 amide bonds. The van der Waals surface area contributed by atoms with Crippen molar-refractivity contribution < 1.29 is 0 Å². The Morgan fingerprint density at radius 3 is 0.917 bits per heavy atom. The molecule has 0 aromatic carbocycles. The summed E-state index contributed by atoms with van der Waals surface area (Å²) in [6.07, 6.45) is 13.3. The molecule has 0 unspecified atom stereocenters. The Balaban J connectivity index is 2.73. The smallest absolute Gasteiger partial charge is 0.0533 e. The first-order valence-electron chi connectivity index (χ1n) is 5.50. The molecule has 0 heterocycles. The monoisotopic (exact) mass is 168 g/mol. The minimum atomic E-state index is 1.11. The number of hydrogen-bond donors (Lipinski definition) is 0. The molecule has 0 atom stereocenters. The Kier molecular flexibility index (Phi) is 11.0. The van der Waals surface area contributed by atoms with Crippen LogP contribution in [-0.4, -0.2) is 0 Å². The van der Waals surface area contributed by atoms with E-state index in [4.69, 9.17) is 0 Å². The lowest BCUT2D eigenvalue weighted by atomic mass is 10.1. The van der Waals surface area contributed by atoms with Crippen LogP contribution in [0.4, 0.5) is 0 Å². The van der Waals surface area contributed by atoms with Crippen LogP contribution in [0, 0.1) is 13.8 Å². The molecular formula is C12H24. The minimum absolute atomic E-state index is 1.11. The molecule has 0 aliphatic heterocycles. The first-order valence-corrected chi connectivity index (χ1v) is 5.50. The Bertz CT molecular complexity index is 56.4. The van der Waals surface area contributed by atoms with Crippen LogP contribution in [0.1, 0.15) is 64.2 Å². The van der Waals surface area contributed by atoms with Gasteiger partial charge in [-0.1, -0.05) is 78.1 Å². The fourth-order valence-electron chi connectivity index (χ4n) is 1.41. The van der Waals surface area contributed by atoms with Gasteiger partial charge in [0.15, 0.2) is 0 Å². The van der Waals surface area contributed by atoms with Crippen molar-refractivity contribution in [1.82, 2.24) is 0 Å². The van der Waals surface area contributed by atoms with Crippen molar-refractivity contribution in [3.05, 3.63) is 13.8 Å². The predicted octanol–water partition coefficient (Wildman–Crippen LogP) is 4.56. The standard InChI is InChI=1S/C12H24/c1-3-5-7-9-11-12-10-8-6-4-2/h1-12H2. The highest BCUT2D eigenvalue weighted by atomic mass is 14.0. The van der Waals surface area contributed by atoms with E-state index in [2.05, 4.69) is 13.8 Å². The van der Waals surface area contributed by atoms with Crippen LogP contribution < -0.4 is 0 Å². The second-order valence-corrected chi connectivity index (χ2v) is 3.54. The molecule has 0 fully saturated rings. The van der Waals surface area contributed by atoms with E-state index in [1.54, 1.807) is 0 Å². The second kappa shape index (κ2) is 11.0. The van der Waals surface area contributed by atoms with E-state index in [1.807, 2.05) is 0 Å². The molecule has 0 aliphatic rings. The largest absolute Gasteiger partial charge is 0.0533 e. The summed E-state index contributed by atoms with van der Waals surface area (Å²) in [5, 5.41) is 0. The minimum Gasteiger partial charge on any atom is -0.0533 e. The number of unbranched alkanes of at least 4 members (excludes halogenated alkanes) is 9. The molecule has 0 N–H and O–H groups in total. The summed E-state index contributed by atoms with van der Waals surface area (Å²) in [7, 11) is 0. The van der Waals surface area contributed by atoms with Crippen LogP contribution in [0.25, 0.3) is 0 Å². The van der Waals surface area contributed by atoms with Crippen molar-refractivity contribution in [2.24, 2.45) is 0 Å². The van der Waals surface area contributed by atoms with Crippen LogP contribution in [0.3, 0.4) is 0 Å². The lowest BCUT2D eigenvalue weighted by molar-refractivity contribution is 0.570. The zero-order valence-corrected chi connectivity index (χ0v) is 8.49. The van der Waals surface area contributed by atoms with Crippen LogP contribution in [0.2, 0.25) is 0 Å². The van der Waals surface area contributed by atoms with Gasteiger partial charge in [-0.2, -0.15) is 0 Å². The Morgan fingerprint density at radius 1 is 0.417 bits per heavy atom. The molecule has 0 aromatic heterocycles. The molecule has 0 saturated carbocycles. The van der Waals surface area contributed by atoms with E-state index >= 15 is 0 Å². The summed E-state index contributed by atoms with van der Waals surface area (Å²) in [4.78, 5) is 0. The molecule has 0 nitrogen and oxygen atoms in total. The topological polar surface area (TPSA) is 0 Å². The molecular weight excluding hydrogens is 144 g/mol. The van der Waals surface area contributed by atoms with E-state index in [0.29, 0.717) is 0 Å². The third-order valence-electron chi connectivity index (χ3n) is 2.25. The summed E-state index contributed by atoms with van der Waals surface area (Å²) < 4.78 is 0. The summed E-state index contributed by atoms with van der Waals surface area (Å²) >= 11 is 0. The highest BCUT2D eigenvalue weighted by Crippen LogP contribution is 2.09. The van der Waals surface area contributed by atoms with Gasteiger partial charge in [0.25, 0.3) is 0 Å². The van der Waals surface area contributed by atoms with Crippen LogP contribution in [0.5, 0.6) is 0 Å². The maximum absolute atomic E-state index is 3.84. The highest BCUT2D eigenvalue weighted by molar-refractivity contribution is 4.48. The number of rotatable bonds is 9. The van der Waals surface area contributed by atoms with Gasteiger partial charge in [0.2, 0.25) is 0 Å². The quantitative estimate of drug-likeness (QED) is 0.443. The van der Waals surface area contributed by atoms with Gasteiger partial charge in [-0.25, -0.2) is 0 Å². The summed E-state index contributed by atoms with van der Waals surface area (Å²) in [6.45, 7) is 7.67. The molecule has 12 heavy (non-hydrogen) atoms. The van der Waals surface area contributed by atoms with Crippen molar-refractivity contribution in [3.63, 3.8) is 0 Å². The zero-order valence-electron chi connectivity index (χ0n) is 8.49. The molecule has 0 heteroatoms. The summed E-state index contributed by atoms with van der Waals surface area (Å²) in [5.41, 5.74) is 0. The summed E-state index contributed by atoms with van der Waals surface area (Å²) in [5.74, 6) is 0. The second-order valence-electron chi connectivity index (χ2n) is 3.54. The maximum atomic E-state index is 3.84. The molecule has 0 spiro atoms. The van der Waals surface area contributed by atoms with Gasteiger partial charge in [-0.15, -0.1) is 0 Å². The van der Waals surface area contributed by atoms with Gasteiger partial charge in [-0.05, 0) is 0 Å². The van der Waals surface area contributed by atoms with Gasteiger partial charge >= 0.3 is 0 Å². The van der Waals surface area contributed by atoms with Gasteiger partial charge < -0.3 is 0 Å². The van der Waals surface area contributed by atoms with Crippen LogP contribution in [0.15, 0.2) is 0 Å². The molecule has 0 saturated heterocycles.